The largest absolute Gasteiger partial charge is 0.348 e. The van der Waals surface area contributed by atoms with Crippen LogP contribution in [-0.4, -0.2) is 10.9 Å². The van der Waals surface area contributed by atoms with Gasteiger partial charge in [0.2, 0.25) is 0 Å². The smallest absolute Gasteiger partial charge is 0.251 e. The van der Waals surface area contributed by atoms with Crippen molar-refractivity contribution in [2.75, 3.05) is 0 Å². The van der Waals surface area contributed by atoms with Crippen LogP contribution in [0.1, 0.15) is 34.8 Å². The molecule has 1 heterocycles. The van der Waals surface area contributed by atoms with Gasteiger partial charge in [-0.05, 0) is 36.2 Å². The molecule has 0 saturated heterocycles. The molecule has 1 aromatic heterocycles. The Morgan fingerprint density at radius 1 is 1.12 bits per heavy atom. The van der Waals surface area contributed by atoms with Crippen LogP contribution in [0.5, 0.6) is 0 Å². The standard InChI is InChI=1S/C20H19FN2O/c1-2-5-14-6-3-7-17(19(14)21)13-23-20(24)16-9-10-18-15(12-16)8-4-11-22-18/h3-4,6-12H,2,5,13H2,1H3,(H,23,24). The van der Waals surface area contributed by atoms with Gasteiger partial charge in [-0.2, -0.15) is 0 Å². The zero-order valence-corrected chi connectivity index (χ0v) is 13.6. The lowest BCUT2D eigenvalue weighted by Gasteiger charge is -2.09. The highest BCUT2D eigenvalue weighted by Gasteiger charge is 2.10. The van der Waals surface area contributed by atoms with Crippen LogP contribution in [0.15, 0.2) is 54.7 Å². The van der Waals surface area contributed by atoms with Crippen molar-refractivity contribution in [1.29, 1.82) is 0 Å². The highest BCUT2D eigenvalue weighted by molar-refractivity contribution is 5.97. The van der Waals surface area contributed by atoms with Crippen molar-refractivity contribution >= 4 is 16.8 Å². The maximum Gasteiger partial charge on any atom is 0.251 e. The van der Waals surface area contributed by atoms with Gasteiger partial charge in [0.05, 0.1) is 5.52 Å². The molecular formula is C20H19FN2O. The summed E-state index contributed by atoms with van der Waals surface area (Å²) in [6.45, 7) is 2.19. The molecule has 0 aliphatic heterocycles. The van der Waals surface area contributed by atoms with Crippen LogP contribution in [0.25, 0.3) is 10.9 Å². The molecule has 0 aliphatic carbocycles. The summed E-state index contributed by atoms with van der Waals surface area (Å²) in [4.78, 5) is 16.6. The van der Waals surface area contributed by atoms with Crippen molar-refractivity contribution in [3.8, 4) is 0 Å². The second-order valence-electron chi connectivity index (χ2n) is 5.73. The summed E-state index contributed by atoms with van der Waals surface area (Å²) in [5, 5.41) is 3.69. The number of amides is 1. The molecule has 0 saturated carbocycles. The lowest BCUT2D eigenvalue weighted by Crippen LogP contribution is -2.23. The number of benzene rings is 2. The molecule has 0 unspecified atom stereocenters. The molecule has 1 amide bonds. The molecule has 3 nitrogen and oxygen atoms in total. The number of aromatic nitrogens is 1. The molecule has 24 heavy (non-hydrogen) atoms. The maximum atomic E-state index is 14.4. The number of pyridine rings is 1. The van der Waals surface area contributed by atoms with Gasteiger partial charge in [-0.25, -0.2) is 4.39 Å². The van der Waals surface area contributed by atoms with Crippen molar-refractivity contribution in [3.05, 3.63) is 77.2 Å². The predicted octanol–water partition coefficient (Wildman–Crippen LogP) is 4.26. The van der Waals surface area contributed by atoms with E-state index in [9.17, 15) is 9.18 Å². The first-order valence-electron chi connectivity index (χ1n) is 8.08. The average molecular weight is 322 g/mol. The van der Waals surface area contributed by atoms with E-state index >= 15 is 0 Å². The zero-order chi connectivity index (χ0) is 16.9. The fourth-order valence-electron chi connectivity index (χ4n) is 2.73. The van der Waals surface area contributed by atoms with E-state index in [1.54, 1.807) is 30.5 Å². The predicted molar refractivity (Wildman–Crippen MR) is 93.3 cm³/mol. The molecule has 0 atom stereocenters. The summed E-state index contributed by atoms with van der Waals surface area (Å²) in [6.07, 6.45) is 3.30. The van der Waals surface area contributed by atoms with Crippen LogP contribution in [0.3, 0.4) is 0 Å². The van der Waals surface area contributed by atoms with Gasteiger partial charge in [0.25, 0.3) is 5.91 Å². The average Bonchev–Trinajstić information content (AvgIpc) is 2.62. The lowest BCUT2D eigenvalue weighted by atomic mass is 10.1. The number of rotatable bonds is 5. The zero-order valence-electron chi connectivity index (χ0n) is 13.6. The van der Waals surface area contributed by atoms with Gasteiger partial charge in [-0.15, -0.1) is 0 Å². The van der Waals surface area contributed by atoms with E-state index in [1.807, 2.05) is 31.2 Å². The van der Waals surface area contributed by atoms with Gasteiger partial charge < -0.3 is 5.32 Å². The summed E-state index contributed by atoms with van der Waals surface area (Å²) >= 11 is 0. The van der Waals surface area contributed by atoms with Gasteiger partial charge in [0.15, 0.2) is 0 Å². The molecule has 122 valence electrons. The Morgan fingerprint density at radius 3 is 2.79 bits per heavy atom. The van der Waals surface area contributed by atoms with Crippen LogP contribution < -0.4 is 5.32 Å². The minimum Gasteiger partial charge on any atom is -0.348 e. The molecule has 1 N–H and O–H groups in total. The fraction of sp³-hybridized carbons (Fsp3) is 0.200. The fourth-order valence-corrected chi connectivity index (χ4v) is 2.73. The second kappa shape index (κ2) is 7.21. The van der Waals surface area contributed by atoms with E-state index in [4.69, 9.17) is 0 Å². The Bertz CT molecular complexity index is 876. The van der Waals surface area contributed by atoms with E-state index in [0.29, 0.717) is 23.1 Å². The van der Waals surface area contributed by atoms with Crippen molar-refractivity contribution in [2.45, 2.75) is 26.3 Å². The highest BCUT2D eigenvalue weighted by Crippen LogP contribution is 2.16. The summed E-state index contributed by atoms with van der Waals surface area (Å²) in [5.74, 6) is -0.441. The molecule has 4 heteroatoms. The minimum atomic E-state index is -0.221. The number of halogens is 1. The topological polar surface area (TPSA) is 42.0 Å². The van der Waals surface area contributed by atoms with Crippen molar-refractivity contribution in [1.82, 2.24) is 10.3 Å². The molecule has 3 aromatic rings. The Hall–Kier alpha value is -2.75. The van der Waals surface area contributed by atoms with Crippen LogP contribution in [0.4, 0.5) is 4.39 Å². The SMILES string of the molecule is CCCc1cccc(CNC(=O)c2ccc3ncccc3c2)c1F. The third-order valence-electron chi connectivity index (χ3n) is 3.98. The second-order valence-corrected chi connectivity index (χ2v) is 5.73. The molecule has 2 aromatic carbocycles. The number of nitrogens with one attached hydrogen (secondary N) is 1. The van der Waals surface area contributed by atoms with Gasteiger partial charge in [-0.1, -0.05) is 37.6 Å². The molecule has 0 bridgehead atoms. The Morgan fingerprint density at radius 2 is 1.96 bits per heavy atom. The van der Waals surface area contributed by atoms with Crippen LogP contribution in [0.2, 0.25) is 0 Å². The van der Waals surface area contributed by atoms with E-state index in [-0.39, 0.29) is 18.3 Å². The molecular weight excluding hydrogens is 303 g/mol. The van der Waals surface area contributed by atoms with E-state index < -0.39 is 0 Å². The van der Waals surface area contributed by atoms with Crippen LogP contribution in [0, 0.1) is 5.82 Å². The van der Waals surface area contributed by atoms with Gasteiger partial charge in [0, 0.05) is 29.3 Å². The summed E-state index contributed by atoms with van der Waals surface area (Å²) in [5.41, 5.74) is 2.59. The molecule has 0 aliphatic rings. The minimum absolute atomic E-state index is 0.174. The Kier molecular flexibility index (Phi) is 4.85. The first-order chi connectivity index (χ1) is 11.7. The number of fused-ring (bicyclic) bond motifs is 1. The van der Waals surface area contributed by atoms with Crippen molar-refractivity contribution < 1.29 is 9.18 Å². The molecule has 0 spiro atoms. The van der Waals surface area contributed by atoms with E-state index in [2.05, 4.69) is 10.3 Å². The first kappa shape index (κ1) is 16.1. The quantitative estimate of drug-likeness (QED) is 0.763. The number of aryl methyl sites for hydroxylation is 1. The van der Waals surface area contributed by atoms with E-state index in [1.165, 1.54) is 0 Å². The lowest BCUT2D eigenvalue weighted by molar-refractivity contribution is 0.0950. The molecule has 3 rings (SSSR count). The number of hydrogen-bond donors (Lipinski definition) is 1. The monoisotopic (exact) mass is 322 g/mol. The Labute approximate surface area is 140 Å². The molecule has 0 radical (unpaired) electrons. The van der Waals surface area contributed by atoms with Crippen LogP contribution >= 0.6 is 0 Å². The Balaban J connectivity index is 1.74. The number of hydrogen-bond acceptors (Lipinski definition) is 2. The van der Waals surface area contributed by atoms with Crippen molar-refractivity contribution in [2.24, 2.45) is 0 Å². The van der Waals surface area contributed by atoms with Gasteiger partial charge >= 0.3 is 0 Å². The van der Waals surface area contributed by atoms with Crippen LogP contribution in [-0.2, 0) is 13.0 Å². The third-order valence-corrected chi connectivity index (χ3v) is 3.98. The number of nitrogens with zero attached hydrogens (tertiary/aromatic N) is 1. The first-order valence-corrected chi connectivity index (χ1v) is 8.08. The summed E-state index contributed by atoms with van der Waals surface area (Å²) in [7, 11) is 0. The number of carbonyl (C=O) groups is 1. The number of carbonyl (C=O) groups excluding carboxylic acids is 1. The summed E-state index contributed by atoms with van der Waals surface area (Å²) in [6, 6.07) is 14.4. The van der Waals surface area contributed by atoms with E-state index in [0.717, 1.165) is 17.3 Å². The summed E-state index contributed by atoms with van der Waals surface area (Å²) < 4.78 is 14.4. The molecule has 0 fully saturated rings. The normalized spacial score (nSPS) is 10.8. The van der Waals surface area contributed by atoms with Gasteiger partial charge in [0.1, 0.15) is 5.82 Å². The van der Waals surface area contributed by atoms with Gasteiger partial charge in [-0.3, -0.25) is 9.78 Å². The highest BCUT2D eigenvalue weighted by atomic mass is 19.1. The maximum absolute atomic E-state index is 14.4. The third kappa shape index (κ3) is 3.43. The van der Waals surface area contributed by atoms with Crippen molar-refractivity contribution in [3.63, 3.8) is 0 Å².